The van der Waals surface area contributed by atoms with Crippen LogP contribution in [0.15, 0.2) is 12.1 Å². The molecule has 3 heteroatoms. The van der Waals surface area contributed by atoms with E-state index in [0.717, 1.165) is 30.9 Å². The van der Waals surface area contributed by atoms with Gasteiger partial charge in [-0.25, -0.2) is 0 Å². The highest BCUT2D eigenvalue weighted by Crippen LogP contribution is 2.30. The fourth-order valence-corrected chi connectivity index (χ4v) is 1.89. The summed E-state index contributed by atoms with van der Waals surface area (Å²) in [5.74, 6) is 1.51. The number of hydrogen-bond acceptors (Lipinski definition) is 3. The van der Waals surface area contributed by atoms with Crippen LogP contribution in [0.4, 0.5) is 5.69 Å². The Morgan fingerprint density at radius 3 is 2.44 bits per heavy atom. The second-order valence-corrected chi connectivity index (χ2v) is 5.16. The molecule has 18 heavy (non-hydrogen) atoms. The van der Waals surface area contributed by atoms with Crippen LogP contribution >= 0.6 is 0 Å². The van der Waals surface area contributed by atoms with E-state index in [1.807, 2.05) is 0 Å². The predicted octanol–water partition coefficient (Wildman–Crippen LogP) is 2.73. The first-order chi connectivity index (χ1) is 8.49. The van der Waals surface area contributed by atoms with Crippen molar-refractivity contribution in [1.82, 2.24) is 0 Å². The van der Waals surface area contributed by atoms with Gasteiger partial charge in [0.2, 0.25) is 0 Å². The molecule has 1 rings (SSSR count). The molecule has 0 radical (unpaired) electrons. The summed E-state index contributed by atoms with van der Waals surface area (Å²) in [5, 5.41) is 0. The van der Waals surface area contributed by atoms with Gasteiger partial charge in [-0.15, -0.1) is 0 Å². The third kappa shape index (κ3) is 3.64. The molecule has 3 nitrogen and oxygen atoms in total. The second kappa shape index (κ2) is 6.64. The molecule has 0 heterocycles. The van der Waals surface area contributed by atoms with Crippen molar-refractivity contribution in [3.8, 4) is 5.75 Å². The largest absolute Gasteiger partial charge is 0.495 e. The normalized spacial score (nSPS) is 12.3. The van der Waals surface area contributed by atoms with Gasteiger partial charge in [0.1, 0.15) is 5.75 Å². The molecule has 0 fully saturated rings. The van der Waals surface area contributed by atoms with E-state index < -0.39 is 0 Å². The summed E-state index contributed by atoms with van der Waals surface area (Å²) in [7, 11) is 3.83. The van der Waals surface area contributed by atoms with Crippen LogP contribution in [0.2, 0.25) is 0 Å². The third-order valence-electron chi connectivity index (χ3n) is 3.57. The fraction of sp³-hybridized carbons (Fsp3) is 0.600. The Balaban J connectivity index is 2.84. The van der Waals surface area contributed by atoms with Crippen LogP contribution in [0.3, 0.4) is 0 Å². The van der Waals surface area contributed by atoms with Gasteiger partial charge in [-0.05, 0) is 56.0 Å². The van der Waals surface area contributed by atoms with E-state index in [-0.39, 0.29) is 0 Å². The molecule has 0 aliphatic carbocycles. The summed E-state index contributed by atoms with van der Waals surface area (Å²) < 4.78 is 5.47. The first kappa shape index (κ1) is 14.8. The average Bonchev–Trinajstić information content (AvgIpc) is 2.37. The summed E-state index contributed by atoms with van der Waals surface area (Å²) >= 11 is 0. The Labute approximate surface area is 111 Å². The molecule has 0 aromatic heterocycles. The van der Waals surface area contributed by atoms with Crippen molar-refractivity contribution in [1.29, 1.82) is 0 Å². The zero-order chi connectivity index (χ0) is 13.7. The van der Waals surface area contributed by atoms with Gasteiger partial charge in [-0.3, -0.25) is 0 Å². The van der Waals surface area contributed by atoms with E-state index in [1.54, 1.807) is 7.11 Å². The Bertz CT molecular complexity index is 390. The summed E-state index contributed by atoms with van der Waals surface area (Å²) in [6.07, 6.45) is 1.10. The van der Waals surface area contributed by atoms with E-state index in [0.29, 0.717) is 5.92 Å². The standard InChI is InChI=1S/C15H26N2O/c1-11(10-16)6-7-17(4)14-8-12(2)13(3)9-15(14)18-5/h8-9,11H,6-7,10,16H2,1-5H3. The lowest BCUT2D eigenvalue weighted by Crippen LogP contribution is -2.23. The molecule has 1 unspecified atom stereocenters. The van der Waals surface area contributed by atoms with Crippen molar-refractivity contribution in [3.63, 3.8) is 0 Å². The second-order valence-electron chi connectivity index (χ2n) is 5.16. The van der Waals surface area contributed by atoms with E-state index in [4.69, 9.17) is 10.5 Å². The zero-order valence-electron chi connectivity index (χ0n) is 12.3. The lowest BCUT2D eigenvalue weighted by atomic mass is 10.1. The average molecular weight is 250 g/mol. The lowest BCUT2D eigenvalue weighted by Gasteiger charge is -2.24. The number of benzene rings is 1. The Morgan fingerprint density at radius 1 is 1.28 bits per heavy atom. The molecule has 0 aliphatic heterocycles. The molecular weight excluding hydrogens is 224 g/mol. The minimum absolute atomic E-state index is 0.560. The number of hydrogen-bond donors (Lipinski definition) is 1. The summed E-state index contributed by atoms with van der Waals surface area (Å²) in [6, 6.07) is 4.30. The summed E-state index contributed by atoms with van der Waals surface area (Å²) in [4.78, 5) is 2.25. The van der Waals surface area contributed by atoms with Crippen molar-refractivity contribution in [2.75, 3.05) is 32.1 Å². The van der Waals surface area contributed by atoms with Gasteiger partial charge < -0.3 is 15.4 Å². The number of aryl methyl sites for hydroxylation is 2. The molecule has 0 bridgehead atoms. The van der Waals surface area contributed by atoms with Crippen LogP contribution in [-0.2, 0) is 0 Å². The third-order valence-corrected chi connectivity index (χ3v) is 3.57. The van der Waals surface area contributed by atoms with Gasteiger partial charge in [-0.1, -0.05) is 6.92 Å². The number of methoxy groups -OCH3 is 1. The first-order valence-electron chi connectivity index (χ1n) is 6.56. The van der Waals surface area contributed by atoms with Crippen LogP contribution in [-0.4, -0.2) is 27.2 Å². The van der Waals surface area contributed by atoms with Crippen molar-refractivity contribution in [3.05, 3.63) is 23.3 Å². The van der Waals surface area contributed by atoms with Gasteiger partial charge in [-0.2, -0.15) is 0 Å². The van der Waals surface area contributed by atoms with Crippen LogP contribution < -0.4 is 15.4 Å². The molecule has 2 N–H and O–H groups in total. The topological polar surface area (TPSA) is 38.5 Å². The lowest BCUT2D eigenvalue weighted by molar-refractivity contribution is 0.414. The van der Waals surface area contributed by atoms with E-state index >= 15 is 0 Å². The molecule has 0 spiro atoms. The Morgan fingerprint density at radius 2 is 1.89 bits per heavy atom. The number of ether oxygens (including phenoxy) is 1. The number of nitrogens with zero attached hydrogens (tertiary/aromatic N) is 1. The highest BCUT2D eigenvalue weighted by Gasteiger charge is 2.11. The predicted molar refractivity (Wildman–Crippen MR) is 78.6 cm³/mol. The maximum atomic E-state index is 5.65. The van der Waals surface area contributed by atoms with Crippen molar-refractivity contribution < 1.29 is 4.74 Å². The summed E-state index contributed by atoms with van der Waals surface area (Å²) in [6.45, 7) is 8.17. The minimum Gasteiger partial charge on any atom is -0.495 e. The van der Waals surface area contributed by atoms with Gasteiger partial charge in [0.05, 0.1) is 12.8 Å². The number of nitrogens with two attached hydrogens (primary N) is 1. The SMILES string of the molecule is COc1cc(C)c(C)cc1N(C)CCC(C)CN. The highest BCUT2D eigenvalue weighted by atomic mass is 16.5. The monoisotopic (exact) mass is 250 g/mol. The zero-order valence-corrected chi connectivity index (χ0v) is 12.3. The molecule has 102 valence electrons. The van der Waals surface area contributed by atoms with Gasteiger partial charge in [0.15, 0.2) is 0 Å². The maximum absolute atomic E-state index is 5.65. The van der Waals surface area contributed by atoms with E-state index in [1.165, 1.54) is 11.1 Å². The van der Waals surface area contributed by atoms with Crippen LogP contribution in [0.1, 0.15) is 24.5 Å². The number of rotatable bonds is 6. The molecule has 0 saturated heterocycles. The maximum Gasteiger partial charge on any atom is 0.142 e. The van der Waals surface area contributed by atoms with Crippen molar-refractivity contribution in [2.24, 2.45) is 11.7 Å². The van der Waals surface area contributed by atoms with Crippen molar-refractivity contribution >= 4 is 5.69 Å². The van der Waals surface area contributed by atoms with Crippen molar-refractivity contribution in [2.45, 2.75) is 27.2 Å². The van der Waals surface area contributed by atoms with Gasteiger partial charge >= 0.3 is 0 Å². The number of anilines is 1. The van der Waals surface area contributed by atoms with E-state index in [9.17, 15) is 0 Å². The van der Waals surface area contributed by atoms with Crippen LogP contribution in [0.25, 0.3) is 0 Å². The smallest absolute Gasteiger partial charge is 0.142 e. The summed E-state index contributed by atoms with van der Waals surface area (Å²) in [5.41, 5.74) is 9.37. The van der Waals surface area contributed by atoms with Gasteiger partial charge in [0.25, 0.3) is 0 Å². The molecule has 1 aromatic carbocycles. The van der Waals surface area contributed by atoms with Crippen LogP contribution in [0.5, 0.6) is 5.75 Å². The highest BCUT2D eigenvalue weighted by molar-refractivity contribution is 5.61. The van der Waals surface area contributed by atoms with E-state index in [2.05, 4.69) is 44.9 Å². The molecule has 1 aromatic rings. The molecule has 0 amide bonds. The first-order valence-corrected chi connectivity index (χ1v) is 6.56. The van der Waals surface area contributed by atoms with Crippen LogP contribution in [0, 0.1) is 19.8 Å². The molecule has 0 saturated carbocycles. The Kier molecular flexibility index (Phi) is 5.48. The minimum atomic E-state index is 0.560. The van der Waals surface area contributed by atoms with Gasteiger partial charge in [0, 0.05) is 13.6 Å². The molecular formula is C15H26N2O. The molecule has 1 atom stereocenters. The fourth-order valence-electron chi connectivity index (χ4n) is 1.89. The molecule has 0 aliphatic rings. The Hall–Kier alpha value is -1.22. The quantitative estimate of drug-likeness (QED) is 0.843.